The van der Waals surface area contributed by atoms with E-state index in [9.17, 15) is 18.4 Å². The maximum atomic E-state index is 14.9. The molecule has 0 saturated heterocycles. The van der Waals surface area contributed by atoms with Crippen molar-refractivity contribution < 1.29 is 18.4 Å². The van der Waals surface area contributed by atoms with Crippen molar-refractivity contribution in [2.75, 3.05) is 17.6 Å². The summed E-state index contributed by atoms with van der Waals surface area (Å²) in [6.07, 6.45) is 1.17. The van der Waals surface area contributed by atoms with Crippen molar-refractivity contribution in [1.82, 2.24) is 10.3 Å². The van der Waals surface area contributed by atoms with E-state index < -0.39 is 23.4 Å². The summed E-state index contributed by atoms with van der Waals surface area (Å²) in [6, 6.07) is 7.47. The summed E-state index contributed by atoms with van der Waals surface area (Å²) < 4.78 is 28.4. The van der Waals surface area contributed by atoms with E-state index in [0.29, 0.717) is 5.56 Å². The number of nitriles is 1. The summed E-state index contributed by atoms with van der Waals surface area (Å²) in [5.41, 5.74) is 6.38. The Hall–Kier alpha value is -3.74. The lowest BCUT2D eigenvalue weighted by Gasteiger charge is -2.14. The highest BCUT2D eigenvalue weighted by molar-refractivity contribution is 6.35. The van der Waals surface area contributed by atoms with Gasteiger partial charge in [0.1, 0.15) is 23.9 Å². The Morgan fingerprint density at radius 3 is 2.48 bits per heavy atom. The first kappa shape index (κ1) is 23.9. The fraction of sp³-hybridized carbons (Fsp3) is 0.0909. The van der Waals surface area contributed by atoms with Crippen molar-refractivity contribution in [1.29, 1.82) is 5.26 Å². The molecule has 0 spiro atoms. The molecule has 0 unspecified atom stereocenters. The monoisotopic (exact) mass is 489 g/mol. The molecule has 2 amide bonds. The van der Waals surface area contributed by atoms with Gasteiger partial charge in [-0.1, -0.05) is 23.2 Å². The average molecular weight is 490 g/mol. The number of hydrogen-bond acceptors (Lipinski definition) is 5. The van der Waals surface area contributed by atoms with Crippen LogP contribution in [0.1, 0.15) is 26.4 Å². The minimum absolute atomic E-state index is 0.0176. The number of nitrogens with one attached hydrogen (secondary N) is 2. The fourth-order valence-electron chi connectivity index (χ4n) is 3.12. The fourth-order valence-corrected chi connectivity index (χ4v) is 3.63. The minimum Gasteiger partial charge on any atom is -0.398 e. The molecule has 33 heavy (non-hydrogen) atoms. The number of halogens is 4. The van der Waals surface area contributed by atoms with E-state index in [1.807, 2.05) is 0 Å². The smallest absolute Gasteiger partial charge is 0.272 e. The first-order valence-electron chi connectivity index (χ1n) is 9.29. The molecule has 0 saturated carbocycles. The Morgan fingerprint density at radius 2 is 1.85 bits per heavy atom. The van der Waals surface area contributed by atoms with E-state index >= 15 is 0 Å². The Bertz CT molecular complexity index is 1300. The number of amides is 2. The lowest BCUT2D eigenvalue weighted by molar-refractivity contribution is 0.0953. The third kappa shape index (κ3) is 5.19. The summed E-state index contributed by atoms with van der Waals surface area (Å²) in [7, 11) is 0. The minimum atomic E-state index is -0.786. The third-order valence-corrected chi connectivity index (χ3v) is 5.14. The number of carbonyl (C=O) groups excluding carboxylic acids is 2. The standard InChI is InChI=1S/C22H15Cl2F2N5O2/c1-10-4-11(25)5-18(28)19(10)14-7-15(23)13(8-17(14)26)21(32)31-12-6-16(24)20(30-9-12)22(33)29-3-2-27/h4-9H,3,28H2,1H3,(H,29,33)(H,31,32). The van der Waals surface area contributed by atoms with E-state index in [1.165, 1.54) is 24.4 Å². The highest BCUT2D eigenvalue weighted by Gasteiger charge is 2.20. The first-order valence-corrected chi connectivity index (χ1v) is 10.0. The molecule has 0 bridgehead atoms. The molecular formula is C22H15Cl2F2N5O2. The van der Waals surface area contributed by atoms with Crippen LogP contribution in [-0.4, -0.2) is 23.3 Å². The van der Waals surface area contributed by atoms with Gasteiger partial charge in [0.15, 0.2) is 0 Å². The van der Waals surface area contributed by atoms with Crippen LogP contribution in [0.5, 0.6) is 0 Å². The number of nitrogens with zero attached hydrogens (tertiary/aromatic N) is 2. The number of aromatic nitrogens is 1. The SMILES string of the molecule is Cc1cc(F)cc(N)c1-c1cc(Cl)c(C(=O)Nc2cnc(C(=O)NCC#N)c(Cl)c2)cc1F. The predicted octanol–water partition coefficient (Wildman–Crippen LogP) is 4.73. The van der Waals surface area contributed by atoms with Gasteiger partial charge in [0.05, 0.1) is 33.6 Å². The maximum Gasteiger partial charge on any atom is 0.272 e. The molecule has 0 fully saturated rings. The molecular weight excluding hydrogens is 475 g/mol. The number of nitrogen functional groups attached to an aromatic ring is 1. The molecule has 4 N–H and O–H groups in total. The van der Waals surface area contributed by atoms with Crippen molar-refractivity contribution in [2.24, 2.45) is 0 Å². The molecule has 0 aliphatic rings. The van der Waals surface area contributed by atoms with E-state index in [2.05, 4.69) is 15.6 Å². The van der Waals surface area contributed by atoms with Gasteiger partial charge in [-0.25, -0.2) is 13.8 Å². The largest absolute Gasteiger partial charge is 0.398 e. The highest BCUT2D eigenvalue weighted by atomic mass is 35.5. The predicted molar refractivity (Wildman–Crippen MR) is 121 cm³/mol. The van der Waals surface area contributed by atoms with Gasteiger partial charge >= 0.3 is 0 Å². The summed E-state index contributed by atoms with van der Waals surface area (Å²) >= 11 is 12.3. The average Bonchev–Trinajstić information content (AvgIpc) is 2.73. The van der Waals surface area contributed by atoms with Crippen LogP contribution in [0, 0.1) is 29.9 Å². The number of anilines is 2. The Morgan fingerprint density at radius 1 is 1.12 bits per heavy atom. The molecule has 11 heteroatoms. The molecule has 1 aromatic heterocycles. The third-order valence-electron chi connectivity index (χ3n) is 4.54. The summed E-state index contributed by atoms with van der Waals surface area (Å²) in [4.78, 5) is 28.4. The van der Waals surface area contributed by atoms with Crippen LogP contribution in [0.2, 0.25) is 10.0 Å². The van der Waals surface area contributed by atoms with Crippen LogP contribution in [-0.2, 0) is 0 Å². The lowest BCUT2D eigenvalue weighted by atomic mass is 9.96. The number of nitrogens with two attached hydrogens (primary N) is 1. The van der Waals surface area contributed by atoms with Gasteiger partial charge in [0, 0.05) is 16.8 Å². The number of pyridine rings is 1. The normalized spacial score (nSPS) is 10.4. The number of benzene rings is 2. The van der Waals surface area contributed by atoms with E-state index in [4.69, 9.17) is 34.2 Å². The van der Waals surface area contributed by atoms with Crippen LogP contribution in [0.25, 0.3) is 11.1 Å². The molecule has 168 valence electrons. The van der Waals surface area contributed by atoms with Gasteiger partial charge in [-0.2, -0.15) is 5.26 Å². The quantitative estimate of drug-likeness (QED) is 0.353. The van der Waals surface area contributed by atoms with Gasteiger partial charge < -0.3 is 16.4 Å². The molecule has 0 atom stereocenters. The van der Waals surface area contributed by atoms with Crippen molar-refractivity contribution in [3.63, 3.8) is 0 Å². The van der Waals surface area contributed by atoms with E-state index in [1.54, 1.807) is 13.0 Å². The van der Waals surface area contributed by atoms with Crippen molar-refractivity contribution in [3.05, 3.63) is 75.0 Å². The van der Waals surface area contributed by atoms with Gasteiger partial charge in [0.2, 0.25) is 0 Å². The highest BCUT2D eigenvalue weighted by Crippen LogP contribution is 2.35. The number of carbonyl (C=O) groups is 2. The van der Waals surface area contributed by atoms with Gasteiger partial charge in [-0.05, 0) is 42.8 Å². The zero-order valence-electron chi connectivity index (χ0n) is 17.0. The second kappa shape index (κ2) is 9.81. The second-order valence-electron chi connectivity index (χ2n) is 6.85. The summed E-state index contributed by atoms with van der Waals surface area (Å²) in [6.45, 7) is 1.35. The van der Waals surface area contributed by atoms with Crippen LogP contribution >= 0.6 is 23.2 Å². The van der Waals surface area contributed by atoms with Gasteiger partial charge in [0.25, 0.3) is 11.8 Å². The van der Waals surface area contributed by atoms with Crippen molar-refractivity contribution in [2.45, 2.75) is 6.92 Å². The van der Waals surface area contributed by atoms with E-state index in [0.717, 1.165) is 12.1 Å². The van der Waals surface area contributed by atoms with Gasteiger partial charge in [-0.3, -0.25) is 9.59 Å². The van der Waals surface area contributed by atoms with Crippen LogP contribution in [0.15, 0.2) is 36.5 Å². The van der Waals surface area contributed by atoms with Gasteiger partial charge in [-0.15, -0.1) is 0 Å². The molecule has 3 aromatic rings. The van der Waals surface area contributed by atoms with Crippen molar-refractivity contribution >= 4 is 46.4 Å². The molecule has 2 aromatic carbocycles. The zero-order chi connectivity index (χ0) is 24.3. The first-order chi connectivity index (χ1) is 15.6. The number of hydrogen-bond donors (Lipinski definition) is 3. The summed E-state index contributed by atoms with van der Waals surface area (Å²) in [5.74, 6) is -2.76. The lowest BCUT2D eigenvalue weighted by Crippen LogP contribution is -2.25. The maximum absolute atomic E-state index is 14.9. The van der Waals surface area contributed by atoms with Crippen LogP contribution in [0.3, 0.4) is 0 Å². The van der Waals surface area contributed by atoms with Crippen LogP contribution < -0.4 is 16.4 Å². The molecule has 0 radical (unpaired) electrons. The summed E-state index contributed by atoms with van der Waals surface area (Å²) in [5, 5.41) is 13.1. The number of aryl methyl sites for hydroxylation is 1. The molecule has 3 rings (SSSR count). The second-order valence-corrected chi connectivity index (χ2v) is 7.66. The number of rotatable bonds is 5. The Kier molecular flexibility index (Phi) is 7.11. The van der Waals surface area contributed by atoms with Crippen molar-refractivity contribution in [3.8, 4) is 17.2 Å². The molecule has 1 heterocycles. The Balaban J connectivity index is 1.87. The molecule has 0 aliphatic heterocycles. The Labute approximate surface area is 197 Å². The van der Waals surface area contributed by atoms with Crippen LogP contribution in [0.4, 0.5) is 20.2 Å². The topological polar surface area (TPSA) is 121 Å². The van der Waals surface area contributed by atoms with E-state index in [-0.39, 0.29) is 50.3 Å². The zero-order valence-corrected chi connectivity index (χ0v) is 18.5. The molecule has 0 aliphatic carbocycles. The molecule has 7 nitrogen and oxygen atoms in total.